The molecule has 2 atom stereocenters. The lowest BCUT2D eigenvalue weighted by molar-refractivity contribution is -0.00517. The molecule has 8 rings (SSSR count). The number of fused-ring (bicyclic) bond motifs is 1. The van der Waals surface area contributed by atoms with Gasteiger partial charge >= 0.3 is 6.09 Å². The van der Waals surface area contributed by atoms with E-state index in [0.717, 1.165) is 50.3 Å². The minimum absolute atomic E-state index is 0.172. The first-order valence-corrected chi connectivity index (χ1v) is 19.0. The van der Waals surface area contributed by atoms with Crippen LogP contribution in [0.3, 0.4) is 0 Å². The van der Waals surface area contributed by atoms with Crippen LogP contribution in [0.15, 0.2) is 174 Å². The van der Waals surface area contributed by atoms with Crippen LogP contribution in [0.25, 0.3) is 17.2 Å². The van der Waals surface area contributed by atoms with Crippen molar-refractivity contribution in [2.75, 3.05) is 5.01 Å². The van der Waals surface area contributed by atoms with E-state index < -0.39 is 23.4 Å². The van der Waals surface area contributed by atoms with Crippen LogP contribution in [-0.4, -0.2) is 32.7 Å². The molecule has 1 N–H and O–H groups in total. The second-order valence-electron chi connectivity index (χ2n) is 15.0. The molecule has 5 aromatic carbocycles. The molecular weight excluding hydrogens is 695 g/mol. The Labute approximate surface area is 328 Å². The van der Waals surface area contributed by atoms with E-state index in [4.69, 9.17) is 9.96 Å². The molecule has 1 aromatic heterocycles. The van der Waals surface area contributed by atoms with Crippen molar-refractivity contribution >= 4 is 17.9 Å². The second-order valence-corrected chi connectivity index (χ2v) is 15.0. The van der Waals surface area contributed by atoms with Crippen molar-refractivity contribution in [1.82, 2.24) is 20.4 Å². The van der Waals surface area contributed by atoms with E-state index in [2.05, 4.69) is 119 Å². The van der Waals surface area contributed by atoms with Crippen LogP contribution < -0.4 is 10.4 Å². The highest BCUT2D eigenvalue weighted by molar-refractivity contribution is 5.73. The fourth-order valence-corrected chi connectivity index (χ4v) is 7.65. The third kappa shape index (κ3) is 6.93. The molecule has 2 aliphatic rings. The lowest BCUT2D eigenvalue weighted by atomic mass is 9.75. The number of hydrogen-bond donors (Lipinski definition) is 1. The quantitative estimate of drug-likeness (QED) is 0.149. The van der Waals surface area contributed by atoms with Crippen molar-refractivity contribution in [3.8, 4) is 11.1 Å². The van der Waals surface area contributed by atoms with E-state index >= 15 is 0 Å². The molecule has 6 aromatic rings. The van der Waals surface area contributed by atoms with E-state index in [1.54, 1.807) is 0 Å². The normalized spacial score (nSPS) is 16.5. The molecular formula is C47H45N7O2. The van der Waals surface area contributed by atoms with Gasteiger partial charge in [-0.2, -0.15) is 0 Å². The summed E-state index contributed by atoms with van der Waals surface area (Å²) in [7, 11) is 0. The zero-order valence-corrected chi connectivity index (χ0v) is 32.0. The zero-order valence-electron chi connectivity index (χ0n) is 32.0. The predicted molar refractivity (Wildman–Crippen MR) is 221 cm³/mol. The largest absolute Gasteiger partial charge is 0.442 e. The number of aromatic nitrogens is 1. The predicted octanol–water partition coefficient (Wildman–Crippen LogP) is 10.5. The molecule has 1 amide bonds. The molecule has 9 heteroatoms. The summed E-state index contributed by atoms with van der Waals surface area (Å²) in [6.45, 7) is 8.36. The molecule has 3 heterocycles. The molecule has 56 heavy (non-hydrogen) atoms. The third-order valence-corrected chi connectivity index (χ3v) is 10.2. The molecule has 0 radical (unpaired) electrons. The maximum Gasteiger partial charge on any atom is 0.434 e. The summed E-state index contributed by atoms with van der Waals surface area (Å²) in [5.74, 6) is 0. The van der Waals surface area contributed by atoms with Crippen molar-refractivity contribution < 1.29 is 9.53 Å². The second kappa shape index (κ2) is 15.3. The standard InChI is InChI=1S/C47H45N7O2/c1-34-26-31-42-43(25-16-32-48-42)52(34)49-33-35-27-29-36(30-28-35)40-23-14-15-24-41(40)44-53(45(55)56-46(2,3)4)50-51-54(44)47(37-17-8-5-9-18-37,38-19-10-6-11-20-38)39-21-12-7-13-22-39/h5-32,34,44,49H,33H2,1-4H3. The number of amides is 1. The lowest BCUT2D eigenvalue weighted by Gasteiger charge is -2.45. The number of benzene rings is 5. The highest BCUT2D eigenvalue weighted by Gasteiger charge is 2.52. The summed E-state index contributed by atoms with van der Waals surface area (Å²) in [6.07, 6.45) is 4.65. The minimum atomic E-state index is -1.01. The minimum Gasteiger partial charge on any atom is -0.442 e. The van der Waals surface area contributed by atoms with Gasteiger partial charge in [-0.25, -0.2) is 15.2 Å². The summed E-state index contributed by atoms with van der Waals surface area (Å²) < 4.78 is 6.01. The molecule has 0 saturated heterocycles. The van der Waals surface area contributed by atoms with Gasteiger partial charge in [-0.15, -0.1) is 5.01 Å². The number of hydrazine groups is 1. The maximum absolute atomic E-state index is 14.2. The molecule has 0 aliphatic carbocycles. The molecule has 0 spiro atoms. The van der Waals surface area contributed by atoms with Crippen molar-refractivity contribution in [2.24, 2.45) is 10.4 Å². The van der Waals surface area contributed by atoms with Crippen LogP contribution in [0.5, 0.6) is 0 Å². The van der Waals surface area contributed by atoms with Crippen LogP contribution in [0.4, 0.5) is 10.5 Å². The van der Waals surface area contributed by atoms with Crippen LogP contribution in [0.1, 0.15) is 67.4 Å². The summed E-state index contributed by atoms with van der Waals surface area (Å²) >= 11 is 0. The lowest BCUT2D eigenvalue weighted by Crippen LogP contribution is -2.49. The Bertz CT molecular complexity index is 2250. The monoisotopic (exact) mass is 739 g/mol. The van der Waals surface area contributed by atoms with Gasteiger partial charge in [0.05, 0.1) is 17.4 Å². The fraction of sp³-hybridized carbons (Fsp3) is 0.191. The number of hydrogen-bond acceptors (Lipinski definition) is 8. The van der Waals surface area contributed by atoms with Gasteiger partial charge in [-0.05, 0) is 89.7 Å². The number of nitrogens with one attached hydrogen (secondary N) is 1. The first-order chi connectivity index (χ1) is 27.2. The zero-order chi connectivity index (χ0) is 38.7. The Balaban J connectivity index is 1.22. The van der Waals surface area contributed by atoms with E-state index in [1.807, 2.05) is 105 Å². The van der Waals surface area contributed by atoms with E-state index in [-0.39, 0.29) is 6.04 Å². The first kappa shape index (κ1) is 36.4. The van der Waals surface area contributed by atoms with Crippen molar-refractivity contribution in [1.29, 1.82) is 0 Å². The number of anilines is 1. The Kier molecular flexibility index (Phi) is 9.93. The number of nitrogens with zero attached hydrogens (tertiary/aromatic N) is 6. The Morgan fingerprint density at radius 2 is 1.30 bits per heavy atom. The highest BCUT2D eigenvalue weighted by Crippen LogP contribution is 2.51. The molecule has 280 valence electrons. The van der Waals surface area contributed by atoms with Crippen molar-refractivity contribution in [3.05, 3.63) is 197 Å². The van der Waals surface area contributed by atoms with Gasteiger partial charge in [0.25, 0.3) is 0 Å². The Morgan fingerprint density at radius 3 is 1.91 bits per heavy atom. The highest BCUT2D eigenvalue weighted by atomic mass is 16.6. The average Bonchev–Trinajstić information content (AvgIpc) is 3.67. The van der Waals surface area contributed by atoms with Crippen molar-refractivity contribution in [2.45, 2.75) is 57.6 Å². The van der Waals surface area contributed by atoms with E-state index in [9.17, 15) is 4.79 Å². The first-order valence-electron chi connectivity index (χ1n) is 19.0. The van der Waals surface area contributed by atoms with Crippen LogP contribution in [0, 0.1) is 0 Å². The van der Waals surface area contributed by atoms with Crippen LogP contribution in [0.2, 0.25) is 0 Å². The smallest absolute Gasteiger partial charge is 0.434 e. The molecule has 0 fully saturated rings. The molecule has 0 saturated carbocycles. The molecule has 9 nitrogen and oxygen atoms in total. The summed E-state index contributed by atoms with van der Waals surface area (Å²) in [4.78, 5) is 18.8. The fourth-order valence-electron chi connectivity index (χ4n) is 7.65. The number of pyridine rings is 1. The summed E-state index contributed by atoms with van der Waals surface area (Å²) in [6, 6.07) is 51.8. The summed E-state index contributed by atoms with van der Waals surface area (Å²) in [5.41, 5.74) is 10.7. The van der Waals surface area contributed by atoms with E-state index in [0.29, 0.717) is 6.54 Å². The Morgan fingerprint density at radius 1 is 0.714 bits per heavy atom. The third-order valence-electron chi connectivity index (χ3n) is 10.2. The topological polar surface area (TPSA) is 85.7 Å². The van der Waals surface area contributed by atoms with Gasteiger partial charge in [-0.3, -0.25) is 9.99 Å². The van der Waals surface area contributed by atoms with Gasteiger partial charge < -0.3 is 4.74 Å². The Hall–Kier alpha value is -6.58. The van der Waals surface area contributed by atoms with Crippen LogP contribution in [-0.2, 0) is 16.8 Å². The van der Waals surface area contributed by atoms with Crippen molar-refractivity contribution in [3.63, 3.8) is 0 Å². The number of carbonyl (C=O) groups excluding carboxylic acids is 1. The molecule has 2 unspecified atom stereocenters. The van der Waals surface area contributed by atoms with Gasteiger partial charge in [-0.1, -0.05) is 146 Å². The molecule has 2 aliphatic heterocycles. The number of rotatable bonds is 9. The van der Waals surface area contributed by atoms with E-state index in [1.165, 1.54) is 5.01 Å². The van der Waals surface area contributed by atoms with Gasteiger partial charge in [0.15, 0.2) is 6.17 Å². The number of carbonyl (C=O) groups is 1. The van der Waals surface area contributed by atoms with Gasteiger partial charge in [0, 0.05) is 18.3 Å². The maximum atomic E-state index is 14.2. The summed E-state index contributed by atoms with van der Waals surface area (Å²) in [5, 5.41) is 15.1. The van der Waals surface area contributed by atoms with Gasteiger partial charge in [0.1, 0.15) is 11.1 Å². The van der Waals surface area contributed by atoms with Crippen LogP contribution >= 0.6 is 0 Å². The number of ether oxygens (including phenoxy) is 1. The van der Waals surface area contributed by atoms with Gasteiger partial charge in [0.2, 0.25) is 0 Å². The molecule has 0 bridgehead atoms. The average molecular weight is 740 g/mol. The SMILES string of the molecule is CC1C=Cc2ncccc2N1NCc1ccc(-c2ccccc2C2N(C(=O)OC(C)(C)C)N=NN2C(c2ccccc2)(c2ccccc2)c2ccccc2)cc1.